The standard InChI is InChI=1S/C10H18N6S/c1-15(2)9-12-8(11)13-10(14-9)16-4-3-6-17-7-5-16/h3-7H2,1-2H3,(H2,11,12,13,14). The maximum atomic E-state index is 5.72. The zero-order valence-electron chi connectivity index (χ0n) is 10.3. The van der Waals surface area contributed by atoms with Crippen LogP contribution < -0.4 is 15.5 Å². The van der Waals surface area contributed by atoms with Crippen molar-refractivity contribution >= 4 is 29.6 Å². The first-order chi connectivity index (χ1) is 8.16. The first kappa shape index (κ1) is 12.2. The van der Waals surface area contributed by atoms with Gasteiger partial charge < -0.3 is 15.5 Å². The van der Waals surface area contributed by atoms with Crippen LogP contribution in [-0.4, -0.2) is 53.6 Å². The molecule has 0 spiro atoms. The van der Waals surface area contributed by atoms with Gasteiger partial charge in [-0.25, -0.2) is 0 Å². The first-order valence-electron chi connectivity index (χ1n) is 5.68. The number of aromatic nitrogens is 3. The molecule has 1 aliphatic heterocycles. The number of nitrogens with zero attached hydrogens (tertiary/aromatic N) is 5. The fourth-order valence-electron chi connectivity index (χ4n) is 1.66. The Hall–Kier alpha value is -1.24. The maximum Gasteiger partial charge on any atom is 0.231 e. The van der Waals surface area contributed by atoms with Crippen molar-refractivity contribution in [3.05, 3.63) is 0 Å². The summed E-state index contributed by atoms with van der Waals surface area (Å²) in [6.07, 6.45) is 1.16. The zero-order valence-corrected chi connectivity index (χ0v) is 11.1. The van der Waals surface area contributed by atoms with Crippen LogP contribution in [0.3, 0.4) is 0 Å². The minimum atomic E-state index is 0.288. The highest BCUT2D eigenvalue weighted by atomic mass is 32.2. The van der Waals surface area contributed by atoms with E-state index in [4.69, 9.17) is 5.73 Å². The van der Waals surface area contributed by atoms with Gasteiger partial charge in [0, 0.05) is 32.9 Å². The summed E-state index contributed by atoms with van der Waals surface area (Å²) in [5.41, 5.74) is 5.72. The monoisotopic (exact) mass is 254 g/mol. The zero-order chi connectivity index (χ0) is 12.3. The van der Waals surface area contributed by atoms with E-state index in [0.29, 0.717) is 11.9 Å². The SMILES string of the molecule is CN(C)c1nc(N)nc(N2CCCSCC2)n1. The Bertz CT molecular complexity index is 375. The van der Waals surface area contributed by atoms with E-state index in [1.165, 1.54) is 5.75 Å². The Balaban J connectivity index is 2.23. The van der Waals surface area contributed by atoms with Crippen LogP contribution in [0.25, 0.3) is 0 Å². The number of anilines is 3. The van der Waals surface area contributed by atoms with Crippen molar-refractivity contribution in [2.75, 3.05) is 54.2 Å². The number of rotatable bonds is 2. The van der Waals surface area contributed by atoms with E-state index in [1.54, 1.807) is 0 Å². The second-order valence-corrected chi connectivity index (χ2v) is 5.37. The van der Waals surface area contributed by atoms with Gasteiger partial charge in [-0.05, 0) is 12.2 Å². The van der Waals surface area contributed by atoms with Crippen molar-refractivity contribution in [3.63, 3.8) is 0 Å². The lowest BCUT2D eigenvalue weighted by atomic mass is 10.4. The fourth-order valence-corrected chi connectivity index (χ4v) is 2.54. The molecule has 6 nitrogen and oxygen atoms in total. The highest BCUT2D eigenvalue weighted by molar-refractivity contribution is 7.99. The lowest BCUT2D eigenvalue weighted by molar-refractivity contribution is 0.775. The minimum Gasteiger partial charge on any atom is -0.368 e. The quantitative estimate of drug-likeness (QED) is 0.822. The molecular weight excluding hydrogens is 236 g/mol. The molecule has 2 heterocycles. The molecule has 0 unspecified atom stereocenters. The summed E-state index contributed by atoms with van der Waals surface area (Å²) in [7, 11) is 3.80. The third-order valence-electron chi connectivity index (χ3n) is 2.53. The summed E-state index contributed by atoms with van der Waals surface area (Å²) in [6, 6.07) is 0. The molecule has 0 aromatic carbocycles. The van der Waals surface area contributed by atoms with Crippen LogP contribution in [0.5, 0.6) is 0 Å². The van der Waals surface area contributed by atoms with Gasteiger partial charge in [0.1, 0.15) is 0 Å². The van der Waals surface area contributed by atoms with Gasteiger partial charge in [0.15, 0.2) is 0 Å². The van der Waals surface area contributed by atoms with Crippen molar-refractivity contribution in [3.8, 4) is 0 Å². The molecule has 1 aromatic heterocycles. The van der Waals surface area contributed by atoms with Gasteiger partial charge in [-0.1, -0.05) is 0 Å². The molecule has 1 saturated heterocycles. The fraction of sp³-hybridized carbons (Fsp3) is 0.700. The van der Waals surface area contributed by atoms with Crippen molar-refractivity contribution < 1.29 is 0 Å². The first-order valence-corrected chi connectivity index (χ1v) is 6.84. The molecule has 2 rings (SSSR count). The topological polar surface area (TPSA) is 71.2 Å². The van der Waals surface area contributed by atoms with Crippen LogP contribution in [0, 0.1) is 0 Å². The van der Waals surface area contributed by atoms with E-state index in [9.17, 15) is 0 Å². The number of nitrogens with two attached hydrogens (primary N) is 1. The third kappa shape index (κ3) is 3.12. The second-order valence-electron chi connectivity index (χ2n) is 4.14. The average Bonchev–Trinajstić information content (AvgIpc) is 2.56. The van der Waals surface area contributed by atoms with Crippen molar-refractivity contribution in [1.29, 1.82) is 0 Å². The molecular formula is C10H18N6S. The normalized spacial score (nSPS) is 16.7. The van der Waals surface area contributed by atoms with E-state index in [0.717, 1.165) is 25.3 Å². The van der Waals surface area contributed by atoms with Crippen molar-refractivity contribution in [2.24, 2.45) is 0 Å². The molecule has 7 heteroatoms. The van der Waals surface area contributed by atoms with E-state index in [1.807, 2.05) is 30.8 Å². The van der Waals surface area contributed by atoms with Gasteiger partial charge in [0.2, 0.25) is 17.8 Å². The van der Waals surface area contributed by atoms with Crippen LogP contribution in [0.2, 0.25) is 0 Å². The lowest BCUT2D eigenvalue weighted by Crippen LogP contribution is -2.29. The van der Waals surface area contributed by atoms with Crippen LogP contribution in [0.4, 0.5) is 17.8 Å². The lowest BCUT2D eigenvalue weighted by Gasteiger charge is -2.21. The molecule has 1 aromatic rings. The van der Waals surface area contributed by atoms with E-state index in [-0.39, 0.29) is 5.95 Å². The molecule has 0 saturated carbocycles. The Morgan fingerprint density at radius 3 is 2.76 bits per heavy atom. The van der Waals surface area contributed by atoms with Crippen molar-refractivity contribution in [1.82, 2.24) is 15.0 Å². The summed E-state index contributed by atoms with van der Waals surface area (Å²) in [4.78, 5) is 16.8. The third-order valence-corrected chi connectivity index (χ3v) is 3.58. The van der Waals surface area contributed by atoms with Gasteiger partial charge in [0.05, 0.1) is 0 Å². The van der Waals surface area contributed by atoms with E-state index < -0.39 is 0 Å². The summed E-state index contributed by atoms with van der Waals surface area (Å²) in [6.45, 7) is 1.96. The largest absolute Gasteiger partial charge is 0.368 e. The summed E-state index contributed by atoms with van der Waals surface area (Å²) in [5.74, 6) is 3.92. The molecule has 0 amide bonds. The van der Waals surface area contributed by atoms with E-state index in [2.05, 4.69) is 19.9 Å². The summed E-state index contributed by atoms with van der Waals surface area (Å²) in [5, 5.41) is 0. The predicted octanol–water partition coefficient (Wildman–Crippen LogP) is 0.463. The highest BCUT2D eigenvalue weighted by Crippen LogP contribution is 2.17. The Morgan fingerprint density at radius 1 is 1.18 bits per heavy atom. The van der Waals surface area contributed by atoms with Crippen LogP contribution >= 0.6 is 11.8 Å². The van der Waals surface area contributed by atoms with Crippen LogP contribution in [-0.2, 0) is 0 Å². The molecule has 17 heavy (non-hydrogen) atoms. The van der Waals surface area contributed by atoms with Crippen LogP contribution in [0.15, 0.2) is 0 Å². The summed E-state index contributed by atoms with van der Waals surface area (Å²) >= 11 is 1.97. The second kappa shape index (κ2) is 5.39. The predicted molar refractivity (Wildman–Crippen MR) is 72.7 cm³/mol. The Labute approximate surface area is 106 Å². The molecule has 0 radical (unpaired) electrons. The number of thioether (sulfide) groups is 1. The average molecular weight is 254 g/mol. The molecule has 0 atom stereocenters. The van der Waals surface area contributed by atoms with Gasteiger partial charge in [-0.2, -0.15) is 26.7 Å². The molecule has 2 N–H and O–H groups in total. The molecule has 1 fully saturated rings. The minimum absolute atomic E-state index is 0.288. The Kier molecular flexibility index (Phi) is 3.88. The van der Waals surface area contributed by atoms with E-state index >= 15 is 0 Å². The Morgan fingerprint density at radius 2 is 2.00 bits per heavy atom. The number of hydrogen-bond donors (Lipinski definition) is 1. The van der Waals surface area contributed by atoms with Gasteiger partial charge >= 0.3 is 0 Å². The van der Waals surface area contributed by atoms with Gasteiger partial charge in [-0.3, -0.25) is 0 Å². The maximum absolute atomic E-state index is 5.72. The van der Waals surface area contributed by atoms with Crippen LogP contribution in [0.1, 0.15) is 6.42 Å². The number of hydrogen-bond acceptors (Lipinski definition) is 7. The van der Waals surface area contributed by atoms with Crippen molar-refractivity contribution in [2.45, 2.75) is 6.42 Å². The number of nitrogen functional groups attached to an aromatic ring is 1. The molecule has 1 aliphatic rings. The molecule has 0 aliphatic carbocycles. The van der Waals surface area contributed by atoms with Gasteiger partial charge in [0.25, 0.3) is 0 Å². The molecule has 94 valence electrons. The smallest absolute Gasteiger partial charge is 0.231 e. The highest BCUT2D eigenvalue weighted by Gasteiger charge is 2.15. The molecule has 0 bridgehead atoms. The summed E-state index contributed by atoms with van der Waals surface area (Å²) < 4.78 is 0. The van der Waals surface area contributed by atoms with Gasteiger partial charge in [-0.15, -0.1) is 0 Å².